The van der Waals surface area contributed by atoms with Crippen molar-refractivity contribution >= 4 is 11.7 Å². The number of carbonyl (C=O) groups excluding carboxylic acids is 1. The zero-order valence-corrected chi connectivity index (χ0v) is 13.4. The molecule has 0 unspecified atom stereocenters. The van der Waals surface area contributed by atoms with Crippen LogP contribution in [0.4, 0.5) is 5.69 Å². The monoisotopic (exact) mass is 331 g/mol. The largest absolute Gasteiger partial charge is 0.493 e. The first-order chi connectivity index (χ1) is 11.5. The van der Waals surface area contributed by atoms with Crippen LogP contribution in [-0.2, 0) is 22.6 Å². The molecule has 2 aromatic carbocycles. The summed E-state index contributed by atoms with van der Waals surface area (Å²) in [5, 5.41) is 11.2. The number of benzene rings is 2. The van der Waals surface area contributed by atoms with Crippen molar-refractivity contribution in [2.45, 2.75) is 13.0 Å². The van der Waals surface area contributed by atoms with Crippen LogP contribution >= 0.6 is 0 Å². The SMILES string of the molecule is COc1cc(COC(=O)Cc2ccccc2)c([N+](=O)[O-])cc1OC. The first-order valence-corrected chi connectivity index (χ1v) is 7.14. The van der Waals surface area contributed by atoms with Gasteiger partial charge in [-0.05, 0) is 11.6 Å². The molecular formula is C17H17NO6. The number of esters is 1. The van der Waals surface area contributed by atoms with Gasteiger partial charge in [-0.1, -0.05) is 30.3 Å². The second kappa shape index (κ2) is 7.96. The normalized spacial score (nSPS) is 10.1. The van der Waals surface area contributed by atoms with Gasteiger partial charge in [-0.15, -0.1) is 0 Å². The van der Waals surface area contributed by atoms with E-state index in [4.69, 9.17) is 14.2 Å². The Labute approximate surface area is 138 Å². The summed E-state index contributed by atoms with van der Waals surface area (Å²) in [4.78, 5) is 22.5. The topological polar surface area (TPSA) is 87.9 Å². The molecule has 0 spiro atoms. The molecule has 0 saturated heterocycles. The minimum atomic E-state index is -0.553. The summed E-state index contributed by atoms with van der Waals surface area (Å²) >= 11 is 0. The van der Waals surface area contributed by atoms with Crippen LogP contribution in [0.5, 0.6) is 11.5 Å². The third kappa shape index (κ3) is 4.22. The molecule has 7 nitrogen and oxygen atoms in total. The predicted octanol–water partition coefficient (Wildman–Crippen LogP) is 2.90. The maximum Gasteiger partial charge on any atom is 0.310 e. The van der Waals surface area contributed by atoms with Gasteiger partial charge in [0.1, 0.15) is 6.61 Å². The van der Waals surface area contributed by atoms with Crippen LogP contribution in [0.3, 0.4) is 0 Å². The van der Waals surface area contributed by atoms with Crippen LogP contribution < -0.4 is 9.47 Å². The second-order valence-electron chi connectivity index (χ2n) is 4.92. The molecule has 24 heavy (non-hydrogen) atoms. The van der Waals surface area contributed by atoms with Crippen molar-refractivity contribution in [1.29, 1.82) is 0 Å². The fourth-order valence-corrected chi connectivity index (χ4v) is 2.17. The molecule has 2 aromatic rings. The number of ether oxygens (including phenoxy) is 3. The van der Waals surface area contributed by atoms with Crippen molar-refractivity contribution in [3.05, 3.63) is 63.7 Å². The zero-order chi connectivity index (χ0) is 17.5. The standard InChI is InChI=1S/C17H17NO6/c1-22-15-9-13(14(18(20)21)10-16(15)23-2)11-24-17(19)8-12-6-4-3-5-7-12/h3-7,9-10H,8,11H2,1-2H3. The fourth-order valence-electron chi connectivity index (χ4n) is 2.17. The number of nitro groups is 1. The van der Waals surface area contributed by atoms with E-state index in [-0.39, 0.29) is 30.0 Å². The first kappa shape index (κ1) is 17.3. The summed E-state index contributed by atoms with van der Waals surface area (Å²) in [7, 11) is 2.82. The molecule has 0 saturated carbocycles. The molecule has 0 N–H and O–H groups in total. The van der Waals surface area contributed by atoms with Crippen LogP contribution in [0.15, 0.2) is 42.5 Å². The van der Waals surface area contributed by atoms with Gasteiger partial charge in [-0.2, -0.15) is 0 Å². The highest BCUT2D eigenvalue weighted by atomic mass is 16.6. The Bertz CT molecular complexity index is 729. The molecule has 0 aliphatic rings. The summed E-state index contributed by atoms with van der Waals surface area (Å²) in [6.07, 6.45) is 0.0991. The minimum absolute atomic E-state index is 0.0991. The lowest BCUT2D eigenvalue weighted by Crippen LogP contribution is -2.09. The van der Waals surface area contributed by atoms with Crippen LogP contribution in [0, 0.1) is 10.1 Å². The summed E-state index contributed by atoms with van der Waals surface area (Å²) in [5.74, 6) is 0.103. The third-order valence-electron chi connectivity index (χ3n) is 3.36. The molecule has 2 rings (SSSR count). The lowest BCUT2D eigenvalue weighted by atomic mass is 10.1. The lowest BCUT2D eigenvalue weighted by Gasteiger charge is -2.11. The molecule has 0 fully saturated rings. The number of methoxy groups -OCH3 is 2. The van der Waals surface area contributed by atoms with Gasteiger partial charge >= 0.3 is 5.97 Å². The molecule has 0 bridgehead atoms. The summed E-state index contributed by atoms with van der Waals surface area (Å²) in [6.45, 7) is -0.220. The maximum atomic E-state index is 11.9. The highest BCUT2D eigenvalue weighted by molar-refractivity contribution is 5.72. The molecule has 0 aliphatic heterocycles. The van der Waals surface area contributed by atoms with Crippen molar-refractivity contribution in [2.75, 3.05) is 14.2 Å². The number of carbonyl (C=O) groups is 1. The van der Waals surface area contributed by atoms with E-state index >= 15 is 0 Å². The van der Waals surface area contributed by atoms with Crippen LogP contribution in [0.1, 0.15) is 11.1 Å². The van der Waals surface area contributed by atoms with E-state index in [0.717, 1.165) is 5.56 Å². The highest BCUT2D eigenvalue weighted by Gasteiger charge is 2.20. The van der Waals surface area contributed by atoms with E-state index < -0.39 is 10.9 Å². The van der Waals surface area contributed by atoms with E-state index in [1.807, 2.05) is 18.2 Å². The Kier molecular flexibility index (Phi) is 5.73. The van der Waals surface area contributed by atoms with Gasteiger partial charge in [0, 0.05) is 0 Å². The lowest BCUT2D eigenvalue weighted by molar-refractivity contribution is -0.385. The molecule has 0 heterocycles. The van der Waals surface area contributed by atoms with Gasteiger partial charge in [0.15, 0.2) is 11.5 Å². The smallest absolute Gasteiger partial charge is 0.310 e. The molecule has 0 amide bonds. The van der Waals surface area contributed by atoms with E-state index in [2.05, 4.69) is 0 Å². The second-order valence-corrected chi connectivity index (χ2v) is 4.92. The van der Waals surface area contributed by atoms with Crippen molar-refractivity contribution in [1.82, 2.24) is 0 Å². The molecule has 7 heteroatoms. The van der Waals surface area contributed by atoms with Gasteiger partial charge in [-0.25, -0.2) is 0 Å². The van der Waals surface area contributed by atoms with Crippen molar-refractivity contribution in [2.24, 2.45) is 0 Å². The van der Waals surface area contributed by atoms with Gasteiger partial charge in [0.25, 0.3) is 5.69 Å². The maximum absolute atomic E-state index is 11.9. The summed E-state index contributed by atoms with van der Waals surface area (Å²) in [5.41, 5.74) is 0.850. The average molecular weight is 331 g/mol. The van der Waals surface area contributed by atoms with Crippen LogP contribution in [-0.4, -0.2) is 25.1 Å². The molecule has 126 valence electrons. The van der Waals surface area contributed by atoms with Crippen molar-refractivity contribution in [3.8, 4) is 11.5 Å². The number of rotatable bonds is 7. The van der Waals surface area contributed by atoms with Gasteiger partial charge in [0.2, 0.25) is 0 Å². The molecule has 0 atom stereocenters. The average Bonchev–Trinajstić information content (AvgIpc) is 2.59. The molecule has 0 aromatic heterocycles. The quantitative estimate of drug-likeness (QED) is 0.440. The Balaban J connectivity index is 2.13. The molecular weight excluding hydrogens is 314 g/mol. The van der Waals surface area contributed by atoms with Gasteiger partial charge in [0.05, 0.1) is 37.2 Å². The third-order valence-corrected chi connectivity index (χ3v) is 3.36. The van der Waals surface area contributed by atoms with Gasteiger partial charge in [-0.3, -0.25) is 14.9 Å². The molecule has 0 radical (unpaired) electrons. The number of hydrogen-bond acceptors (Lipinski definition) is 6. The Morgan fingerprint density at radius 3 is 2.29 bits per heavy atom. The Morgan fingerprint density at radius 2 is 1.71 bits per heavy atom. The minimum Gasteiger partial charge on any atom is -0.493 e. The zero-order valence-electron chi connectivity index (χ0n) is 13.4. The summed E-state index contributed by atoms with van der Waals surface area (Å²) < 4.78 is 15.3. The summed E-state index contributed by atoms with van der Waals surface area (Å²) in [6, 6.07) is 11.8. The van der Waals surface area contributed by atoms with Crippen molar-refractivity contribution in [3.63, 3.8) is 0 Å². The van der Waals surface area contributed by atoms with Crippen molar-refractivity contribution < 1.29 is 23.9 Å². The predicted molar refractivity (Wildman–Crippen MR) is 86.1 cm³/mol. The van der Waals surface area contributed by atoms with E-state index in [1.165, 1.54) is 26.4 Å². The van der Waals surface area contributed by atoms with E-state index in [9.17, 15) is 14.9 Å². The number of nitro benzene ring substituents is 1. The Hall–Kier alpha value is -3.09. The number of nitrogens with zero attached hydrogens (tertiary/aromatic N) is 1. The van der Waals surface area contributed by atoms with E-state index in [0.29, 0.717) is 5.75 Å². The number of hydrogen-bond donors (Lipinski definition) is 0. The van der Waals surface area contributed by atoms with Crippen LogP contribution in [0.2, 0.25) is 0 Å². The first-order valence-electron chi connectivity index (χ1n) is 7.14. The molecule has 0 aliphatic carbocycles. The van der Waals surface area contributed by atoms with Gasteiger partial charge < -0.3 is 14.2 Å². The highest BCUT2D eigenvalue weighted by Crippen LogP contribution is 2.34. The van der Waals surface area contributed by atoms with E-state index in [1.54, 1.807) is 12.1 Å². The Morgan fingerprint density at radius 1 is 1.08 bits per heavy atom. The fraction of sp³-hybridized carbons (Fsp3) is 0.235. The van der Waals surface area contributed by atoms with Crippen LogP contribution in [0.25, 0.3) is 0 Å².